The molecule has 0 fully saturated rings. The Morgan fingerprint density at radius 3 is 1.92 bits per heavy atom. The lowest BCUT2D eigenvalue weighted by molar-refractivity contribution is -0.849. The van der Waals surface area contributed by atoms with Crippen molar-refractivity contribution in [3.8, 4) is 0 Å². The van der Waals surface area contributed by atoms with Crippen LogP contribution in [-0.2, 0) is 0 Å². The summed E-state index contributed by atoms with van der Waals surface area (Å²) in [5, 5.41) is 9.52. The van der Waals surface area contributed by atoms with E-state index in [4.69, 9.17) is 0 Å². The maximum atomic E-state index is 9.52. The summed E-state index contributed by atoms with van der Waals surface area (Å²) in [4.78, 5) is 4.28. The number of rotatable bonds is 17. The van der Waals surface area contributed by atoms with Gasteiger partial charge in [0.2, 0.25) is 0 Å². The first-order valence-corrected chi connectivity index (χ1v) is 11.0. The Kier molecular flexibility index (Phi) is 13.9. The minimum atomic E-state index is 0.217. The maximum absolute atomic E-state index is 9.52. The van der Waals surface area contributed by atoms with E-state index < -0.39 is 0 Å². The van der Waals surface area contributed by atoms with E-state index in [9.17, 15) is 5.11 Å². The van der Waals surface area contributed by atoms with E-state index in [1.165, 1.54) is 89.9 Å². The van der Waals surface area contributed by atoms with Crippen molar-refractivity contribution in [3.63, 3.8) is 0 Å². The van der Waals surface area contributed by atoms with Crippen LogP contribution in [0.15, 0.2) is 17.1 Å². The molecule has 1 N–H and O–H groups in total. The van der Waals surface area contributed by atoms with Crippen LogP contribution in [0.5, 0.6) is 0 Å². The zero-order chi connectivity index (χ0) is 18.1. The number of allylic oxidation sites excluding steroid dienone is 2. The molecule has 1 aliphatic heterocycles. The average Bonchev–Trinajstić information content (AvgIpc) is 3.11. The van der Waals surface area contributed by atoms with E-state index in [0.29, 0.717) is 4.48 Å². The molecule has 1 atom stereocenters. The molecule has 1 aliphatic rings. The molecule has 0 aliphatic carbocycles. The molecule has 1 heterocycles. The molecule has 0 saturated heterocycles. The molecular formula is C22H43N2O+. The van der Waals surface area contributed by atoms with Crippen molar-refractivity contribution >= 4 is 6.34 Å². The highest BCUT2D eigenvalue weighted by Gasteiger charge is 2.27. The smallest absolute Gasteiger partial charge is 0.187 e. The molecule has 0 amide bonds. The highest BCUT2D eigenvalue weighted by atomic mass is 16.3. The van der Waals surface area contributed by atoms with Gasteiger partial charge in [0.05, 0.1) is 13.1 Å². The predicted molar refractivity (Wildman–Crippen MR) is 110 cm³/mol. The van der Waals surface area contributed by atoms with Gasteiger partial charge in [-0.15, -0.1) is 0 Å². The van der Waals surface area contributed by atoms with Crippen LogP contribution in [0.25, 0.3) is 0 Å². The lowest BCUT2D eigenvalue weighted by Gasteiger charge is -2.27. The number of quaternary nitrogens is 1. The van der Waals surface area contributed by atoms with Crippen LogP contribution in [-0.4, -0.2) is 42.3 Å². The fourth-order valence-electron chi connectivity index (χ4n) is 3.57. The van der Waals surface area contributed by atoms with Crippen LogP contribution in [0.4, 0.5) is 0 Å². The summed E-state index contributed by atoms with van der Waals surface area (Å²) in [6.45, 7) is 5.42. The van der Waals surface area contributed by atoms with Gasteiger partial charge in [0.15, 0.2) is 13.1 Å². The topological polar surface area (TPSA) is 32.6 Å². The molecule has 1 rings (SSSR count). The van der Waals surface area contributed by atoms with Gasteiger partial charge in [-0.2, -0.15) is 0 Å². The number of nitrogens with zero attached hydrogens (tertiary/aromatic N) is 2. The van der Waals surface area contributed by atoms with Crippen molar-refractivity contribution in [3.05, 3.63) is 12.2 Å². The Morgan fingerprint density at radius 1 is 0.840 bits per heavy atom. The van der Waals surface area contributed by atoms with Gasteiger partial charge >= 0.3 is 0 Å². The Labute approximate surface area is 156 Å². The second-order valence-electron chi connectivity index (χ2n) is 7.77. The highest BCUT2D eigenvalue weighted by molar-refractivity contribution is 5.47. The number of hydrogen-bond donors (Lipinski definition) is 1. The summed E-state index contributed by atoms with van der Waals surface area (Å²) < 4.78 is 0.698. The van der Waals surface area contributed by atoms with Crippen LogP contribution in [0, 0.1) is 0 Å². The third-order valence-electron chi connectivity index (χ3n) is 5.40. The van der Waals surface area contributed by atoms with Crippen LogP contribution >= 0.6 is 0 Å². The molecule has 3 nitrogen and oxygen atoms in total. The SMILES string of the molecule is CCCCCCCC/C=C\CCCCCCCC[N+]1(CO)C=NCC1. The number of unbranched alkanes of at least 4 members (excludes halogenated alkanes) is 12. The van der Waals surface area contributed by atoms with E-state index in [-0.39, 0.29) is 6.73 Å². The van der Waals surface area contributed by atoms with Crippen molar-refractivity contribution < 1.29 is 9.59 Å². The normalized spacial score (nSPS) is 20.1. The van der Waals surface area contributed by atoms with E-state index in [0.717, 1.165) is 19.6 Å². The fraction of sp³-hybridized carbons (Fsp3) is 0.864. The van der Waals surface area contributed by atoms with Crippen molar-refractivity contribution in [1.29, 1.82) is 0 Å². The first kappa shape index (κ1) is 22.4. The third kappa shape index (κ3) is 11.5. The Bertz CT molecular complexity index is 354. The molecule has 0 aromatic heterocycles. The zero-order valence-electron chi connectivity index (χ0n) is 16.8. The van der Waals surface area contributed by atoms with E-state index in [1.807, 2.05) is 6.34 Å². The summed E-state index contributed by atoms with van der Waals surface area (Å²) in [5.41, 5.74) is 0. The van der Waals surface area contributed by atoms with Gasteiger partial charge in [0.1, 0.15) is 6.54 Å². The molecule has 0 radical (unpaired) electrons. The standard InChI is InChI=1S/C22H43N2O/c1-2-3-4-5-6-7-8-9-10-11-12-13-14-15-16-17-19-24(22-25)20-18-23-21-24/h9-10,21,25H,2-8,11-20,22H2,1H3/q+1/b10-9-. The minimum Gasteiger partial charge on any atom is -0.347 e. The Balaban J connectivity index is 1.80. The minimum absolute atomic E-state index is 0.217. The quantitative estimate of drug-likeness (QED) is 0.199. The molecule has 0 aromatic rings. The van der Waals surface area contributed by atoms with Crippen molar-refractivity contribution in [2.24, 2.45) is 4.99 Å². The Morgan fingerprint density at radius 2 is 1.40 bits per heavy atom. The van der Waals surface area contributed by atoms with Gasteiger partial charge in [0.25, 0.3) is 0 Å². The van der Waals surface area contributed by atoms with Crippen molar-refractivity contribution in [2.45, 2.75) is 96.8 Å². The Hall–Kier alpha value is -0.670. The van der Waals surface area contributed by atoms with Gasteiger partial charge in [-0.25, -0.2) is 4.99 Å². The summed E-state index contributed by atoms with van der Waals surface area (Å²) in [6.07, 6.45) is 25.6. The second-order valence-corrected chi connectivity index (χ2v) is 7.77. The van der Waals surface area contributed by atoms with Crippen LogP contribution in [0.3, 0.4) is 0 Å². The average molecular weight is 352 g/mol. The van der Waals surface area contributed by atoms with Gasteiger partial charge < -0.3 is 5.11 Å². The predicted octanol–water partition coefficient (Wildman–Crippen LogP) is 5.83. The molecule has 1 unspecified atom stereocenters. The van der Waals surface area contributed by atoms with Gasteiger partial charge in [-0.05, 0) is 38.5 Å². The summed E-state index contributed by atoms with van der Waals surface area (Å²) in [7, 11) is 0. The number of hydrogen-bond acceptors (Lipinski definition) is 2. The first-order chi connectivity index (χ1) is 12.3. The number of aliphatic hydroxyl groups excluding tert-OH is 1. The van der Waals surface area contributed by atoms with Crippen molar-refractivity contribution in [1.82, 2.24) is 0 Å². The van der Waals surface area contributed by atoms with Gasteiger partial charge in [-0.3, -0.25) is 4.48 Å². The summed E-state index contributed by atoms with van der Waals surface area (Å²) >= 11 is 0. The lowest BCUT2D eigenvalue weighted by Crippen LogP contribution is -2.46. The molecule has 3 heteroatoms. The second kappa shape index (κ2) is 15.6. The van der Waals surface area contributed by atoms with Crippen LogP contribution in [0.1, 0.15) is 96.8 Å². The van der Waals surface area contributed by atoms with Gasteiger partial charge in [0, 0.05) is 0 Å². The molecular weight excluding hydrogens is 308 g/mol. The monoisotopic (exact) mass is 351 g/mol. The van der Waals surface area contributed by atoms with Crippen LogP contribution in [0.2, 0.25) is 0 Å². The molecule has 146 valence electrons. The fourth-order valence-corrected chi connectivity index (χ4v) is 3.57. The van der Waals surface area contributed by atoms with E-state index >= 15 is 0 Å². The van der Waals surface area contributed by atoms with E-state index in [2.05, 4.69) is 24.1 Å². The molecule has 0 spiro atoms. The molecule has 0 saturated carbocycles. The van der Waals surface area contributed by atoms with Gasteiger partial charge in [-0.1, -0.05) is 70.4 Å². The molecule has 0 aromatic carbocycles. The van der Waals surface area contributed by atoms with E-state index in [1.54, 1.807) is 0 Å². The highest BCUT2D eigenvalue weighted by Crippen LogP contribution is 2.13. The summed E-state index contributed by atoms with van der Waals surface area (Å²) in [5.74, 6) is 0. The van der Waals surface area contributed by atoms with Crippen molar-refractivity contribution in [2.75, 3.05) is 26.4 Å². The summed E-state index contributed by atoms with van der Waals surface area (Å²) in [6, 6.07) is 0. The molecule has 25 heavy (non-hydrogen) atoms. The largest absolute Gasteiger partial charge is 0.347 e. The number of aliphatic imine (C=N–C) groups is 1. The number of aliphatic hydroxyl groups is 1. The third-order valence-corrected chi connectivity index (χ3v) is 5.40. The molecule has 0 bridgehead atoms. The first-order valence-electron chi connectivity index (χ1n) is 11.0. The zero-order valence-corrected chi connectivity index (χ0v) is 16.8. The maximum Gasteiger partial charge on any atom is 0.187 e. The lowest BCUT2D eigenvalue weighted by atomic mass is 10.1. The van der Waals surface area contributed by atoms with Crippen LogP contribution < -0.4 is 0 Å².